The van der Waals surface area contributed by atoms with Crippen molar-refractivity contribution in [3.05, 3.63) is 16.1 Å². The minimum atomic E-state index is -2.09. The quantitative estimate of drug-likeness (QED) is 0.624. The van der Waals surface area contributed by atoms with E-state index in [9.17, 15) is 10.2 Å². The molecule has 5 atom stereocenters. The Morgan fingerprint density at radius 3 is 2.82 bits per heavy atom. The van der Waals surface area contributed by atoms with E-state index >= 15 is 4.39 Å². The summed E-state index contributed by atoms with van der Waals surface area (Å²) in [6, 6.07) is 0. The van der Waals surface area contributed by atoms with E-state index in [1.165, 1.54) is 24.7 Å². The Kier molecular flexibility index (Phi) is 3.78. The summed E-state index contributed by atoms with van der Waals surface area (Å²) in [7, 11) is 0. The van der Waals surface area contributed by atoms with Crippen LogP contribution in [0.5, 0.6) is 0 Å². The topological polar surface area (TPSA) is 106 Å². The molecule has 0 bridgehead atoms. The first-order valence-electron chi connectivity index (χ1n) is 6.72. The van der Waals surface area contributed by atoms with Crippen LogP contribution >= 0.6 is 22.6 Å². The van der Waals surface area contributed by atoms with Gasteiger partial charge in [0.1, 0.15) is 30.0 Å². The van der Waals surface area contributed by atoms with Crippen molar-refractivity contribution in [3.8, 4) is 0 Å². The van der Waals surface area contributed by atoms with Gasteiger partial charge in [-0.05, 0) is 36.4 Å². The van der Waals surface area contributed by atoms with Gasteiger partial charge in [-0.3, -0.25) is 0 Å². The van der Waals surface area contributed by atoms with Gasteiger partial charge in [-0.1, -0.05) is 0 Å². The molecule has 0 saturated carbocycles. The van der Waals surface area contributed by atoms with E-state index in [0.29, 0.717) is 16.9 Å². The summed E-state index contributed by atoms with van der Waals surface area (Å²) in [4.78, 5) is 8.07. The number of halogens is 2. The largest absolute Gasteiger partial charge is 0.391 e. The number of nitrogens with zero attached hydrogens (tertiary/aromatic N) is 3. The van der Waals surface area contributed by atoms with Gasteiger partial charge < -0.3 is 25.3 Å². The smallest absolute Gasteiger partial charge is 0.181 e. The molecular formula is C13H16FIN4O3. The minimum Gasteiger partial charge on any atom is -0.391 e. The molecule has 4 N–H and O–H groups in total. The molecule has 1 fully saturated rings. The van der Waals surface area contributed by atoms with Gasteiger partial charge in [0, 0.05) is 9.77 Å². The van der Waals surface area contributed by atoms with Crippen LogP contribution in [0.2, 0.25) is 0 Å². The number of anilines is 1. The summed E-state index contributed by atoms with van der Waals surface area (Å²) < 4.78 is 22.8. The predicted octanol–water partition coefficient (Wildman–Crippen LogP) is 0.985. The number of aliphatic hydroxyl groups is 2. The number of nitrogen functional groups attached to an aromatic ring is 1. The van der Waals surface area contributed by atoms with Crippen LogP contribution < -0.4 is 5.73 Å². The van der Waals surface area contributed by atoms with Crippen molar-refractivity contribution < 1.29 is 19.3 Å². The summed E-state index contributed by atoms with van der Waals surface area (Å²) in [5.41, 5.74) is 4.18. The van der Waals surface area contributed by atoms with Crippen LogP contribution in [0.15, 0.2) is 12.5 Å². The molecule has 1 saturated heterocycles. The monoisotopic (exact) mass is 422 g/mol. The van der Waals surface area contributed by atoms with Gasteiger partial charge in [0.2, 0.25) is 0 Å². The maximum Gasteiger partial charge on any atom is 0.181 e. The Morgan fingerprint density at radius 1 is 1.55 bits per heavy atom. The lowest BCUT2D eigenvalue weighted by Crippen LogP contribution is -2.42. The number of rotatable bonds is 2. The molecular weight excluding hydrogens is 406 g/mol. The van der Waals surface area contributed by atoms with Gasteiger partial charge in [-0.2, -0.15) is 0 Å². The number of fused-ring (bicyclic) bond motifs is 1. The van der Waals surface area contributed by atoms with Crippen molar-refractivity contribution >= 4 is 39.4 Å². The van der Waals surface area contributed by atoms with Gasteiger partial charge >= 0.3 is 0 Å². The Bertz CT molecular complexity index is 721. The minimum absolute atomic E-state index is 0.291. The summed E-state index contributed by atoms with van der Waals surface area (Å²) in [6.45, 7) is 2.69. The molecule has 3 heterocycles. The molecule has 120 valence electrons. The van der Waals surface area contributed by atoms with Gasteiger partial charge in [0.15, 0.2) is 11.9 Å². The first-order valence-corrected chi connectivity index (χ1v) is 7.80. The molecule has 0 radical (unpaired) electrons. The Hall–Kier alpha value is -1.04. The van der Waals surface area contributed by atoms with E-state index < -0.39 is 30.2 Å². The Morgan fingerprint density at radius 2 is 2.23 bits per heavy atom. The lowest BCUT2D eigenvalue weighted by Gasteiger charge is -2.25. The summed E-state index contributed by atoms with van der Waals surface area (Å²) in [6.07, 6.45) is -1.66. The highest BCUT2D eigenvalue weighted by molar-refractivity contribution is 14.1. The lowest BCUT2D eigenvalue weighted by molar-refractivity contribution is -0.0794. The summed E-state index contributed by atoms with van der Waals surface area (Å²) in [5.74, 6) is 0.291. The maximum absolute atomic E-state index is 15.0. The van der Waals surface area contributed by atoms with Gasteiger partial charge in [-0.15, -0.1) is 0 Å². The van der Waals surface area contributed by atoms with E-state index in [1.54, 1.807) is 6.20 Å². The van der Waals surface area contributed by atoms with Crippen LogP contribution in [-0.4, -0.2) is 48.7 Å². The molecule has 7 nitrogen and oxygen atoms in total. The fourth-order valence-electron chi connectivity index (χ4n) is 2.78. The molecule has 1 aliphatic heterocycles. The van der Waals surface area contributed by atoms with Crippen LogP contribution in [0, 0.1) is 3.57 Å². The summed E-state index contributed by atoms with van der Waals surface area (Å²) >= 11 is 2.06. The van der Waals surface area contributed by atoms with Crippen LogP contribution in [-0.2, 0) is 4.74 Å². The number of hydrogen-bond acceptors (Lipinski definition) is 6. The molecule has 0 amide bonds. The lowest BCUT2D eigenvalue weighted by atomic mass is 9.96. The highest BCUT2D eigenvalue weighted by Gasteiger charge is 2.56. The first kappa shape index (κ1) is 15.8. The number of ether oxygens (including phenoxy) is 1. The Labute approximate surface area is 139 Å². The van der Waals surface area contributed by atoms with Crippen molar-refractivity contribution in [2.24, 2.45) is 0 Å². The second kappa shape index (κ2) is 5.25. The average Bonchev–Trinajstić information content (AvgIpc) is 2.87. The average molecular weight is 422 g/mol. The zero-order valence-corrected chi connectivity index (χ0v) is 14.1. The molecule has 0 aromatic carbocycles. The third-order valence-corrected chi connectivity index (χ3v) is 4.80. The normalized spacial score (nSPS) is 33.5. The van der Waals surface area contributed by atoms with Crippen molar-refractivity contribution in [3.63, 3.8) is 0 Å². The van der Waals surface area contributed by atoms with Crippen molar-refractivity contribution in [1.82, 2.24) is 14.5 Å². The van der Waals surface area contributed by atoms with E-state index in [4.69, 9.17) is 10.5 Å². The van der Waals surface area contributed by atoms with E-state index in [0.717, 1.165) is 3.57 Å². The maximum atomic E-state index is 15.0. The molecule has 2 aromatic rings. The van der Waals surface area contributed by atoms with Gasteiger partial charge in [0.05, 0.1) is 11.5 Å². The molecule has 0 aliphatic carbocycles. The summed E-state index contributed by atoms with van der Waals surface area (Å²) in [5, 5.41) is 20.4. The van der Waals surface area contributed by atoms with Crippen molar-refractivity contribution in [2.45, 2.75) is 44.1 Å². The molecule has 9 heteroatoms. The zero-order chi connectivity index (χ0) is 16.2. The molecule has 3 rings (SSSR count). The second-order valence-corrected chi connectivity index (χ2v) is 6.79. The van der Waals surface area contributed by atoms with Crippen LogP contribution in [0.25, 0.3) is 11.0 Å². The molecule has 2 unspecified atom stereocenters. The van der Waals surface area contributed by atoms with Gasteiger partial charge in [0.25, 0.3) is 0 Å². The highest BCUT2D eigenvalue weighted by atomic mass is 127. The molecule has 22 heavy (non-hydrogen) atoms. The zero-order valence-electron chi connectivity index (χ0n) is 11.9. The number of aromatic nitrogens is 3. The van der Waals surface area contributed by atoms with Crippen LogP contribution in [0.3, 0.4) is 0 Å². The fraction of sp³-hybridized carbons (Fsp3) is 0.538. The fourth-order valence-corrected chi connectivity index (χ4v) is 3.60. The predicted molar refractivity (Wildman–Crippen MR) is 85.8 cm³/mol. The molecule has 2 aromatic heterocycles. The number of aliphatic hydroxyl groups excluding tert-OH is 2. The van der Waals surface area contributed by atoms with E-state index in [1.807, 2.05) is 0 Å². The van der Waals surface area contributed by atoms with E-state index in [2.05, 4.69) is 32.6 Å². The van der Waals surface area contributed by atoms with Crippen molar-refractivity contribution in [2.75, 3.05) is 5.73 Å². The number of hydrogen-bond donors (Lipinski definition) is 3. The first-order chi connectivity index (χ1) is 10.2. The number of alkyl halides is 1. The van der Waals surface area contributed by atoms with E-state index in [-0.39, 0.29) is 0 Å². The van der Waals surface area contributed by atoms with Gasteiger partial charge in [-0.25, -0.2) is 14.4 Å². The van der Waals surface area contributed by atoms with Crippen LogP contribution in [0.4, 0.5) is 10.2 Å². The Balaban J connectivity index is 2.14. The van der Waals surface area contributed by atoms with Crippen molar-refractivity contribution in [1.29, 1.82) is 0 Å². The number of nitrogens with two attached hydrogens (primary N) is 1. The standard InChI is InChI=1S/C13H16FIN4O3/c1-5(20)8-9(21)13(2,14)12(22-8)19-3-6(15)7-10(16)17-4-18-11(7)19/h3-5,8-9,12,20-21H,1-2H3,(H2,16,17,18)/t5?,8-,9-,12?,13-/m1/s1. The second-order valence-electron chi connectivity index (χ2n) is 5.63. The molecule has 1 aliphatic rings. The molecule has 0 spiro atoms. The van der Waals surface area contributed by atoms with Crippen LogP contribution in [0.1, 0.15) is 20.1 Å². The third-order valence-electron chi connectivity index (χ3n) is 3.98. The SMILES string of the molecule is CC(O)[C@H]1OC(n2cc(I)c3c(N)ncnc32)[C@](C)(F)[C@@H]1O. The third kappa shape index (κ3) is 2.18. The highest BCUT2D eigenvalue weighted by Crippen LogP contribution is 2.44.